The van der Waals surface area contributed by atoms with Gasteiger partial charge in [-0.15, -0.1) is 0 Å². The average Bonchev–Trinajstić information content (AvgIpc) is 2.51. The first-order valence-electron chi connectivity index (χ1n) is 7.99. The van der Waals surface area contributed by atoms with Crippen molar-refractivity contribution in [3.63, 3.8) is 0 Å². The van der Waals surface area contributed by atoms with Gasteiger partial charge in [0, 0.05) is 6.54 Å². The van der Waals surface area contributed by atoms with Gasteiger partial charge in [-0.3, -0.25) is 0 Å². The summed E-state index contributed by atoms with van der Waals surface area (Å²) in [7, 11) is 0. The molecule has 1 atom stereocenters. The van der Waals surface area contributed by atoms with E-state index in [0.717, 1.165) is 18.4 Å². The average molecular weight is 322 g/mol. The van der Waals surface area contributed by atoms with E-state index in [1.807, 2.05) is 51.1 Å². The Hall–Kier alpha value is -1.63. The van der Waals surface area contributed by atoms with Gasteiger partial charge in [-0.05, 0) is 39.2 Å². The maximum absolute atomic E-state index is 12.0. The van der Waals surface area contributed by atoms with E-state index >= 15 is 0 Å². The number of carbonyl (C=O) groups is 1. The second-order valence-corrected chi connectivity index (χ2v) is 6.63. The maximum Gasteiger partial charge on any atom is 0.424 e. The number of hydrazine groups is 1. The molecule has 1 heterocycles. The SMILES string of the molecule is CC(C)(C)OC(=O)N1CCC[C@H](COOCc2ccccc2)N1. The topological polar surface area (TPSA) is 60.0 Å². The van der Waals surface area contributed by atoms with Crippen LogP contribution in [0.5, 0.6) is 0 Å². The van der Waals surface area contributed by atoms with Crippen molar-refractivity contribution < 1.29 is 19.3 Å². The number of carbonyl (C=O) groups excluding carboxylic acids is 1. The zero-order valence-corrected chi connectivity index (χ0v) is 14.1. The zero-order valence-electron chi connectivity index (χ0n) is 14.1. The molecule has 0 aromatic heterocycles. The smallest absolute Gasteiger partial charge is 0.424 e. The normalized spacial score (nSPS) is 18.7. The summed E-state index contributed by atoms with van der Waals surface area (Å²) in [6.07, 6.45) is 1.47. The molecule has 23 heavy (non-hydrogen) atoms. The van der Waals surface area contributed by atoms with Crippen LogP contribution in [-0.4, -0.2) is 35.9 Å². The van der Waals surface area contributed by atoms with Gasteiger partial charge in [-0.25, -0.2) is 25.0 Å². The summed E-state index contributed by atoms with van der Waals surface area (Å²) < 4.78 is 5.36. The lowest BCUT2D eigenvalue weighted by atomic mass is 10.1. The molecule has 1 aliphatic heterocycles. The number of hydrogen-bond acceptors (Lipinski definition) is 5. The van der Waals surface area contributed by atoms with Crippen molar-refractivity contribution in [2.75, 3.05) is 13.2 Å². The van der Waals surface area contributed by atoms with Gasteiger partial charge in [-0.1, -0.05) is 30.3 Å². The molecule has 2 rings (SSSR count). The second-order valence-electron chi connectivity index (χ2n) is 6.63. The van der Waals surface area contributed by atoms with Crippen LogP contribution in [0, 0.1) is 0 Å². The van der Waals surface area contributed by atoms with Crippen LogP contribution in [0.15, 0.2) is 30.3 Å². The number of benzene rings is 1. The molecule has 0 bridgehead atoms. The fraction of sp³-hybridized carbons (Fsp3) is 0.588. The molecule has 0 radical (unpaired) electrons. The Labute approximate surface area is 137 Å². The molecule has 1 aromatic carbocycles. The van der Waals surface area contributed by atoms with Crippen LogP contribution in [0.2, 0.25) is 0 Å². The van der Waals surface area contributed by atoms with Gasteiger partial charge >= 0.3 is 6.09 Å². The molecule has 0 saturated carbocycles. The third kappa shape index (κ3) is 6.56. The molecule has 6 heteroatoms. The van der Waals surface area contributed by atoms with Gasteiger partial charge in [-0.2, -0.15) is 0 Å². The minimum atomic E-state index is -0.499. The van der Waals surface area contributed by atoms with E-state index in [1.165, 1.54) is 5.01 Å². The molecule has 1 N–H and O–H groups in total. The largest absolute Gasteiger partial charge is 0.443 e. The lowest BCUT2D eigenvalue weighted by molar-refractivity contribution is -0.309. The Morgan fingerprint density at radius 3 is 2.70 bits per heavy atom. The standard InChI is InChI=1S/C17H26N2O4/c1-17(2,3)23-16(20)19-11-7-10-15(18-19)13-22-21-12-14-8-5-4-6-9-14/h4-6,8-9,15,18H,7,10-13H2,1-3H3/t15-/m1/s1. The summed E-state index contributed by atoms with van der Waals surface area (Å²) in [5.74, 6) is 0. The molecular weight excluding hydrogens is 296 g/mol. The maximum atomic E-state index is 12.0. The number of nitrogens with one attached hydrogen (secondary N) is 1. The molecule has 1 amide bonds. The first-order chi connectivity index (χ1) is 10.9. The van der Waals surface area contributed by atoms with Crippen LogP contribution in [0.3, 0.4) is 0 Å². The Balaban J connectivity index is 1.68. The minimum absolute atomic E-state index is 0.0343. The van der Waals surface area contributed by atoms with Crippen molar-refractivity contribution in [1.82, 2.24) is 10.4 Å². The predicted octanol–water partition coefficient (Wildman–Crippen LogP) is 3.04. The van der Waals surface area contributed by atoms with E-state index in [0.29, 0.717) is 19.8 Å². The summed E-state index contributed by atoms with van der Waals surface area (Å²) in [5, 5.41) is 1.51. The van der Waals surface area contributed by atoms with Crippen LogP contribution in [0.4, 0.5) is 4.79 Å². The quantitative estimate of drug-likeness (QED) is 0.513. The molecule has 0 spiro atoms. The molecule has 1 saturated heterocycles. The molecule has 1 aliphatic rings. The molecule has 128 valence electrons. The van der Waals surface area contributed by atoms with E-state index in [1.54, 1.807) is 0 Å². The van der Waals surface area contributed by atoms with Crippen LogP contribution in [0.25, 0.3) is 0 Å². The summed E-state index contributed by atoms with van der Waals surface area (Å²) in [4.78, 5) is 22.5. The van der Waals surface area contributed by atoms with Crippen molar-refractivity contribution in [3.8, 4) is 0 Å². The molecule has 1 fully saturated rings. The Bertz CT molecular complexity index is 487. The fourth-order valence-corrected chi connectivity index (χ4v) is 2.24. The van der Waals surface area contributed by atoms with Crippen LogP contribution in [0.1, 0.15) is 39.2 Å². The van der Waals surface area contributed by atoms with Gasteiger partial charge in [0.25, 0.3) is 0 Å². The Kier molecular flexibility index (Phi) is 6.38. The van der Waals surface area contributed by atoms with E-state index in [2.05, 4.69) is 5.43 Å². The van der Waals surface area contributed by atoms with Crippen molar-refractivity contribution >= 4 is 6.09 Å². The van der Waals surface area contributed by atoms with E-state index in [4.69, 9.17) is 14.5 Å². The van der Waals surface area contributed by atoms with E-state index in [9.17, 15) is 4.79 Å². The van der Waals surface area contributed by atoms with Crippen LogP contribution in [-0.2, 0) is 21.1 Å². The highest BCUT2D eigenvalue weighted by Gasteiger charge is 2.27. The van der Waals surface area contributed by atoms with Gasteiger partial charge in [0.1, 0.15) is 12.2 Å². The summed E-state index contributed by atoms with van der Waals surface area (Å²) >= 11 is 0. The number of hydrogen-bond donors (Lipinski definition) is 1. The lowest BCUT2D eigenvalue weighted by Gasteiger charge is -2.34. The zero-order chi connectivity index (χ0) is 16.7. The number of rotatable bonds is 5. The highest BCUT2D eigenvalue weighted by molar-refractivity contribution is 5.67. The highest BCUT2D eigenvalue weighted by atomic mass is 17.2. The van der Waals surface area contributed by atoms with Crippen LogP contribution >= 0.6 is 0 Å². The molecule has 1 aromatic rings. The van der Waals surface area contributed by atoms with Gasteiger partial charge in [0.05, 0.1) is 12.6 Å². The molecular formula is C17H26N2O4. The molecule has 6 nitrogen and oxygen atoms in total. The Morgan fingerprint density at radius 1 is 1.26 bits per heavy atom. The van der Waals surface area contributed by atoms with Gasteiger partial charge < -0.3 is 4.74 Å². The van der Waals surface area contributed by atoms with E-state index < -0.39 is 5.60 Å². The lowest BCUT2D eigenvalue weighted by Crippen LogP contribution is -2.54. The van der Waals surface area contributed by atoms with Crippen molar-refractivity contribution in [3.05, 3.63) is 35.9 Å². The molecule has 0 unspecified atom stereocenters. The Morgan fingerprint density at radius 2 is 2.00 bits per heavy atom. The number of amides is 1. The number of ether oxygens (including phenoxy) is 1. The summed E-state index contributed by atoms with van der Waals surface area (Å²) in [5.41, 5.74) is 3.68. The highest BCUT2D eigenvalue weighted by Crippen LogP contribution is 2.13. The van der Waals surface area contributed by atoms with Gasteiger partial charge in [0.15, 0.2) is 0 Å². The summed E-state index contributed by atoms with van der Waals surface area (Å²) in [6, 6.07) is 9.87. The fourth-order valence-electron chi connectivity index (χ4n) is 2.24. The van der Waals surface area contributed by atoms with Gasteiger partial charge in [0.2, 0.25) is 0 Å². The number of nitrogens with zero attached hydrogens (tertiary/aromatic N) is 1. The minimum Gasteiger partial charge on any atom is -0.443 e. The monoisotopic (exact) mass is 322 g/mol. The van der Waals surface area contributed by atoms with Crippen LogP contribution < -0.4 is 5.43 Å². The predicted molar refractivity (Wildman–Crippen MR) is 86.3 cm³/mol. The first-order valence-corrected chi connectivity index (χ1v) is 7.99. The summed E-state index contributed by atoms with van der Waals surface area (Å²) in [6.45, 7) is 6.98. The second kappa shape index (κ2) is 8.29. The van der Waals surface area contributed by atoms with Crippen molar-refractivity contribution in [1.29, 1.82) is 0 Å². The third-order valence-corrected chi connectivity index (χ3v) is 3.31. The third-order valence-electron chi connectivity index (χ3n) is 3.31. The first kappa shape index (κ1) is 17.7. The van der Waals surface area contributed by atoms with E-state index in [-0.39, 0.29) is 12.1 Å². The van der Waals surface area contributed by atoms with Crippen molar-refractivity contribution in [2.24, 2.45) is 0 Å². The van der Waals surface area contributed by atoms with Crippen molar-refractivity contribution in [2.45, 2.75) is 51.9 Å². The molecule has 0 aliphatic carbocycles.